The zero-order valence-electron chi connectivity index (χ0n) is 13.2. The lowest BCUT2D eigenvalue weighted by molar-refractivity contribution is -0.139. The molecule has 1 aliphatic heterocycles. The van der Waals surface area contributed by atoms with Crippen molar-refractivity contribution in [3.8, 4) is 0 Å². The minimum absolute atomic E-state index is 0.0403. The molecule has 0 bridgehead atoms. The molecule has 1 saturated heterocycles. The summed E-state index contributed by atoms with van der Waals surface area (Å²) in [6.45, 7) is 1.16. The van der Waals surface area contributed by atoms with Crippen LogP contribution in [0.4, 0.5) is 5.69 Å². The third-order valence-corrected chi connectivity index (χ3v) is 4.39. The van der Waals surface area contributed by atoms with Gasteiger partial charge in [-0.05, 0) is 31.4 Å². The molecule has 24 heavy (non-hydrogen) atoms. The van der Waals surface area contributed by atoms with E-state index in [4.69, 9.17) is 9.84 Å². The van der Waals surface area contributed by atoms with E-state index >= 15 is 0 Å². The van der Waals surface area contributed by atoms with Crippen molar-refractivity contribution in [3.05, 3.63) is 29.8 Å². The van der Waals surface area contributed by atoms with Gasteiger partial charge in [0.25, 0.3) is 5.91 Å². The van der Waals surface area contributed by atoms with Gasteiger partial charge in [0.15, 0.2) is 0 Å². The second-order valence-corrected chi connectivity index (χ2v) is 6.17. The van der Waals surface area contributed by atoms with E-state index in [1.807, 2.05) is 0 Å². The normalized spacial score (nSPS) is 25.1. The van der Waals surface area contributed by atoms with Crippen molar-refractivity contribution in [2.75, 3.05) is 18.5 Å². The Labute approximate surface area is 139 Å². The van der Waals surface area contributed by atoms with Gasteiger partial charge in [0.2, 0.25) is 5.91 Å². The average Bonchev–Trinajstić information content (AvgIpc) is 3.22. The Hall–Kier alpha value is -2.41. The lowest BCUT2D eigenvalue weighted by atomic mass is 10.1. The lowest BCUT2D eigenvalue weighted by Gasteiger charge is -2.13. The van der Waals surface area contributed by atoms with E-state index < -0.39 is 17.8 Å². The van der Waals surface area contributed by atoms with Crippen LogP contribution < -0.4 is 10.6 Å². The summed E-state index contributed by atoms with van der Waals surface area (Å²) in [5.74, 6) is -2.75. The van der Waals surface area contributed by atoms with Gasteiger partial charge in [0, 0.05) is 13.2 Å². The van der Waals surface area contributed by atoms with Gasteiger partial charge < -0.3 is 20.5 Å². The molecule has 3 atom stereocenters. The number of nitrogens with one attached hydrogen (secondary N) is 2. The van der Waals surface area contributed by atoms with Crippen LogP contribution in [0.2, 0.25) is 0 Å². The molecule has 7 nitrogen and oxygen atoms in total. The van der Waals surface area contributed by atoms with Crippen molar-refractivity contribution in [1.29, 1.82) is 0 Å². The second-order valence-electron chi connectivity index (χ2n) is 6.17. The van der Waals surface area contributed by atoms with Gasteiger partial charge in [0.1, 0.15) is 0 Å². The number of amides is 2. The Balaban J connectivity index is 1.61. The highest BCUT2D eigenvalue weighted by Crippen LogP contribution is 2.39. The lowest BCUT2D eigenvalue weighted by Crippen LogP contribution is -2.32. The number of anilines is 1. The fourth-order valence-corrected chi connectivity index (χ4v) is 2.88. The number of para-hydroxylation sites is 1. The molecule has 128 valence electrons. The molecule has 3 rings (SSSR count). The van der Waals surface area contributed by atoms with Crippen LogP contribution >= 0.6 is 0 Å². The first-order chi connectivity index (χ1) is 11.6. The van der Waals surface area contributed by atoms with E-state index in [9.17, 15) is 14.4 Å². The molecule has 1 aromatic carbocycles. The SMILES string of the molecule is O=C(NCC1CCCO1)c1ccccc1NC(=O)[C@@H]1C[C@H]1C(=O)O. The van der Waals surface area contributed by atoms with Crippen molar-refractivity contribution >= 4 is 23.5 Å². The van der Waals surface area contributed by atoms with Crippen LogP contribution in [0.3, 0.4) is 0 Å². The average molecular weight is 332 g/mol. The number of hydrogen-bond donors (Lipinski definition) is 3. The third kappa shape index (κ3) is 3.73. The first-order valence-electron chi connectivity index (χ1n) is 8.08. The van der Waals surface area contributed by atoms with Gasteiger partial charge >= 0.3 is 5.97 Å². The van der Waals surface area contributed by atoms with Crippen LogP contribution in [0.15, 0.2) is 24.3 Å². The highest BCUT2D eigenvalue weighted by molar-refractivity contribution is 6.05. The van der Waals surface area contributed by atoms with Crippen LogP contribution in [0.25, 0.3) is 0 Å². The first kappa shape index (κ1) is 16.4. The number of aliphatic carboxylic acids is 1. The minimum Gasteiger partial charge on any atom is -0.481 e. The van der Waals surface area contributed by atoms with Gasteiger partial charge in [-0.2, -0.15) is 0 Å². The standard InChI is InChI=1S/C17H20N2O5/c20-15(18-9-10-4-3-7-24-10)11-5-1-2-6-14(11)19-16(21)12-8-13(12)17(22)23/h1-2,5-6,10,12-13H,3-4,7-9H2,(H,18,20)(H,19,21)(H,22,23)/t10?,12-,13-/m1/s1. The van der Waals surface area contributed by atoms with Crippen molar-refractivity contribution in [2.45, 2.75) is 25.4 Å². The molecule has 1 unspecified atom stereocenters. The summed E-state index contributed by atoms with van der Waals surface area (Å²) in [5.41, 5.74) is 0.750. The molecule has 1 saturated carbocycles. The topological polar surface area (TPSA) is 105 Å². The highest BCUT2D eigenvalue weighted by Gasteiger charge is 2.48. The summed E-state index contributed by atoms with van der Waals surface area (Å²) < 4.78 is 5.47. The van der Waals surface area contributed by atoms with Gasteiger partial charge in [-0.3, -0.25) is 14.4 Å². The van der Waals surface area contributed by atoms with Gasteiger partial charge in [-0.15, -0.1) is 0 Å². The number of carboxylic acid groups (broad SMARTS) is 1. The number of hydrogen-bond acceptors (Lipinski definition) is 4. The smallest absolute Gasteiger partial charge is 0.307 e. The molecule has 2 fully saturated rings. The van der Waals surface area contributed by atoms with Gasteiger partial charge in [-0.25, -0.2) is 0 Å². The molecule has 1 heterocycles. The predicted molar refractivity (Wildman–Crippen MR) is 85.6 cm³/mol. The van der Waals surface area contributed by atoms with E-state index in [0.29, 0.717) is 24.2 Å². The van der Waals surface area contributed by atoms with E-state index in [0.717, 1.165) is 19.4 Å². The van der Waals surface area contributed by atoms with E-state index in [1.165, 1.54) is 0 Å². The first-order valence-corrected chi connectivity index (χ1v) is 8.08. The fraction of sp³-hybridized carbons (Fsp3) is 0.471. The van der Waals surface area contributed by atoms with Crippen LogP contribution in [0.1, 0.15) is 29.6 Å². The molecule has 3 N–H and O–H groups in total. The molecule has 2 amide bonds. The third-order valence-electron chi connectivity index (χ3n) is 4.39. The number of benzene rings is 1. The number of carbonyl (C=O) groups excluding carboxylic acids is 2. The van der Waals surface area contributed by atoms with Crippen LogP contribution in [0.5, 0.6) is 0 Å². The molecule has 2 aliphatic rings. The number of rotatable bonds is 6. The van der Waals surface area contributed by atoms with Crippen LogP contribution in [-0.4, -0.2) is 42.1 Å². The highest BCUT2D eigenvalue weighted by atomic mass is 16.5. The zero-order valence-corrected chi connectivity index (χ0v) is 13.2. The largest absolute Gasteiger partial charge is 0.481 e. The molecule has 1 aromatic rings. The summed E-state index contributed by atoms with van der Waals surface area (Å²) in [4.78, 5) is 35.3. The number of ether oxygens (including phenoxy) is 1. The molecule has 0 spiro atoms. The molecule has 0 aromatic heterocycles. The molecule has 7 heteroatoms. The molecule has 1 aliphatic carbocycles. The fourth-order valence-electron chi connectivity index (χ4n) is 2.88. The van der Waals surface area contributed by atoms with Crippen molar-refractivity contribution in [1.82, 2.24) is 5.32 Å². The molecule has 0 radical (unpaired) electrons. The number of carbonyl (C=O) groups is 3. The molecular formula is C17H20N2O5. The van der Waals surface area contributed by atoms with Gasteiger partial charge in [-0.1, -0.05) is 12.1 Å². The van der Waals surface area contributed by atoms with Crippen LogP contribution in [-0.2, 0) is 14.3 Å². The van der Waals surface area contributed by atoms with E-state index in [1.54, 1.807) is 24.3 Å². The number of carboxylic acids is 1. The van der Waals surface area contributed by atoms with Gasteiger partial charge in [0.05, 0.1) is 29.2 Å². The summed E-state index contributed by atoms with van der Waals surface area (Å²) in [6.07, 6.45) is 2.31. The maximum atomic E-state index is 12.3. The van der Waals surface area contributed by atoms with Crippen molar-refractivity contribution in [3.63, 3.8) is 0 Å². The van der Waals surface area contributed by atoms with E-state index in [2.05, 4.69) is 10.6 Å². The zero-order chi connectivity index (χ0) is 17.1. The summed E-state index contributed by atoms with van der Waals surface area (Å²) >= 11 is 0. The summed E-state index contributed by atoms with van der Waals surface area (Å²) in [7, 11) is 0. The maximum Gasteiger partial charge on any atom is 0.307 e. The Morgan fingerprint density at radius 1 is 1.21 bits per heavy atom. The second kappa shape index (κ2) is 7.00. The Morgan fingerprint density at radius 2 is 2.00 bits per heavy atom. The van der Waals surface area contributed by atoms with Crippen LogP contribution in [0, 0.1) is 11.8 Å². The monoisotopic (exact) mass is 332 g/mol. The predicted octanol–water partition coefficient (Wildman–Crippen LogP) is 1.25. The summed E-state index contributed by atoms with van der Waals surface area (Å²) in [5, 5.41) is 14.4. The Morgan fingerprint density at radius 3 is 2.67 bits per heavy atom. The van der Waals surface area contributed by atoms with E-state index in [-0.39, 0.29) is 17.9 Å². The molecular weight excluding hydrogens is 312 g/mol. The van der Waals surface area contributed by atoms with Crippen molar-refractivity contribution in [2.24, 2.45) is 11.8 Å². The quantitative estimate of drug-likeness (QED) is 0.727. The summed E-state index contributed by atoms with van der Waals surface area (Å²) in [6, 6.07) is 6.70. The maximum absolute atomic E-state index is 12.3. The minimum atomic E-state index is -0.960. The Bertz CT molecular complexity index is 654. The van der Waals surface area contributed by atoms with Crippen molar-refractivity contribution < 1.29 is 24.2 Å². The Kier molecular flexibility index (Phi) is 4.80.